The maximum atomic E-state index is 11.3. The van der Waals surface area contributed by atoms with Crippen molar-refractivity contribution >= 4 is 12.1 Å². The summed E-state index contributed by atoms with van der Waals surface area (Å²) in [7, 11) is 0. The van der Waals surface area contributed by atoms with Crippen molar-refractivity contribution < 1.29 is 19.1 Å². The quantitative estimate of drug-likeness (QED) is 0.667. The summed E-state index contributed by atoms with van der Waals surface area (Å²) < 4.78 is 9.55. The van der Waals surface area contributed by atoms with E-state index in [1.165, 1.54) is 0 Å². The molecule has 1 heterocycles. The number of esters is 1. The number of ether oxygens (including phenoxy) is 2. The fourth-order valence-electron chi connectivity index (χ4n) is 1.09. The van der Waals surface area contributed by atoms with Crippen LogP contribution in [0.3, 0.4) is 0 Å². The zero-order chi connectivity index (χ0) is 11.6. The molecule has 5 heteroatoms. The van der Waals surface area contributed by atoms with Crippen LogP contribution in [0.15, 0.2) is 12.3 Å². The summed E-state index contributed by atoms with van der Waals surface area (Å²) in [6.45, 7) is 8.94. The van der Waals surface area contributed by atoms with E-state index in [2.05, 4.69) is 16.6 Å². The number of carbonyl (C=O) groups excluding carboxylic acids is 2. The van der Waals surface area contributed by atoms with E-state index in [0.29, 0.717) is 5.76 Å². The van der Waals surface area contributed by atoms with Crippen LogP contribution in [0.25, 0.3) is 0 Å². The minimum Gasteiger partial charge on any atom is -0.434 e. The fourth-order valence-corrected chi connectivity index (χ4v) is 1.09. The lowest BCUT2D eigenvalue weighted by atomic mass is 10.1. The molecular weight excluding hydrogens is 198 g/mol. The molecule has 0 bridgehead atoms. The molecular formula is C10H15NO4. The van der Waals surface area contributed by atoms with Gasteiger partial charge in [0.05, 0.1) is 6.42 Å². The first-order chi connectivity index (χ1) is 6.78. The highest BCUT2D eigenvalue weighted by Gasteiger charge is 2.33. The Labute approximate surface area is 88.4 Å². The van der Waals surface area contributed by atoms with Gasteiger partial charge in [-0.25, -0.2) is 9.59 Å². The van der Waals surface area contributed by atoms with Crippen LogP contribution in [0.5, 0.6) is 0 Å². The third kappa shape index (κ3) is 3.61. The first-order valence-corrected chi connectivity index (χ1v) is 4.66. The molecule has 1 rings (SSSR count). The van der Waals surface area contributed by atoms with E-state index in [1.54, 1.807) is 0 Å². The normalized spacial score (nSPS) is 21.1. The highest BCUT2D eigenvalue weighted by Crippen LogP contribution is 2.19. The summed E-state index contributed by atoms with van der Waals surface area (Å²) in [5.74, 6) is -0.238. The highest BCUT2D eigenvalue weighted by molar-refractivity contribution is 5.82. The molecule has 1 amide bonds. The third-order valence-corrected chi connectivity index (χ3v) is 1.65. The number of carbonyl (C=O) groups is 2. The van der Waals surface area contributed by atoms with E-state index in [-0.39, 0.29) is 6.42 Å². The van der Waals surface area contributed by atoms with Crippen molar-refractivity contribution in [2.75, 3.05) is 0 Å². The topological polar surface area (TPSA) is 64.6 Å². The van der Waals surface area contributed by atoms with Gasteiger partial charge in [0.15, 0.2) is 0 Å². The number of cyclic esters (lactones) is 1. The first kappa shape index (κ1) is 11.6. The average molecular weight is 213 g/mol. The standard InChI is InChI=1S/C10H15NO4/c1-6-5-7(8(12)14-6)15-9(13)11-10(2,3)4/h7H,1,5H2,2-4H3,(H,11,13)/t7-/m0/s1. The van der Waals surface area contributed by atoms with E-state index >= 15 is 0 Å². The summed E-state index contributed by atoms with van der Waals surface area (Å²) in [6, 6.07) is 0. The van der Waals surface area contributed by atoms with Gasteiger partial charge >= 0.3 is 12.1 Å². The van der Waals surface area contributed by atoms with Gasteiger partial charge in [0.25, 0.3) is 0 Å². The van der Waals surface area contributed by atoms with Crippen LogP contribution >= 0.6 is 0 Å². The van der Waals surface area contributed by atoms with Crippen molar-refractivity contribution in [3.8, 4) is 0 Å². The van der Waals surface area contributed by atoms with E-state index in [9.17, 15) is 9.59 Å². The third-order valence-electron chi connectivity index (χ3n) is 1.65. The zero-order valence-electron chi connectivity index (χ0n) is 9.12. The van der Waals surface area contributed by atoms with Crippen LogP contribution in [-0.2, 0) is 14.3 Å². The number of alkyl carbamates (subject to hydrolysis) is 1. The Balaban J connectivity index is 2.45. The predicted octanol–water partition coefficient (Wildman–Crippen LogP) is 1.34. The van der Waals surface area contributed by atoms with Crippen molar-refractivity contribution in [3.05, 3.63) is 12.3 Å². The molecule has 0 radical (unpaired) electrons. The van der Waals surface area contributed by atoms with E-state index in [1.807, 2.05) is 20.8 Å². The van der Waals surface area contributed by atoms with Gasteiger partial charge in [-0.15, -0.1) is 0 Å². The van der Waals surface area contributed by atoms with Gasteiger partial charge < -0.3 is 14.8 Å². The molecule has 1 atom stereocenters. The molecule has 0 aromatic rings. The smallest absolute Gasteiger partial charge is 0.408 e. The van der Waals surface area contributed by atoms with Crippen molar-refractivity contribution in [2.24, 2.45) is 0 Å². The molecule has 0 aromatic carbocycles. The summed E-state index contributed by atoms with van der Waals surface area (Å²) in [5, 5.41) is 2.58. The lowest BCUT2D eigenvalue weighted by Gasteiger charge is -2.20. The predicted molar refractivity (Wildman–Crippen MR) is 53.0 cm³/mol. The molecule has 1 fully saturated rings. The molecule has 0 aromatic heterocycles. The van der Waals surface area contributed by atoms with Crippen molar-refractivity contribution in [3.63, 3.8) is 0 Å². The van der Waals surface area contributed by atoms with E-state index < -0.39 is 23.7 Å². The van der Waals surface area contributed by atoms with Gasteiger partial charge in [-0.3, -0.25) is 0 Å². The van der Waals surface area contributed by atoms with Crippen molar-refractivity contribution in [2.45, 2.75) is 38.8 Å². The Morgan fingerprint density at radius 2 is 2.20 bits per heavy atom. The van der Waals surface area contributed by atoms with Crippen molar-refractivity contribution in [1.29, 1.82) is 0 Å². The number of nitrogens with one attached hydrogen (secondary N) is 1. The Bertz CT molecular complexity index is 303. The van der Waals surface area contributed by atoms with E-state index in [0.717, 1.165) is 0 Å². The summed E-state index contributed by atoms with van der Waals surface area (Å²) >= 11 is 0. The molecule has 0 unspecified atom stereocenters. The molecule has 1 saturated heterocycles. The van der Waals surface area contributed by atoms with Crippen LogP contribution in [0.2, 0.25) is 0 Å². The maximum absolute atomic E-state index is 11.3. The molecule has 0 spiro atoms. The van der Waals surface area contributed by atoms with Crippen LogP contribution in [0.1, 0.15) is 27.2 Å². The number of rotatable bonds is 1. The first-order valence-electron chi connectivity index (χ1n) is 4.66. The van der Waals surface area contributed by atoms with Gasteiger partial charge in [-0.05, 0) is 20.8 Å². The summed E-state index contributed by atoms with van der Waals surface area (Å²) in [5.41, 5.74) is -0.392. The molecule has 5 nitrogen and oxygen atoms in total. The van der Waals surface area contributed by atoms with Gasteiger partial charge in [0.2, 0.25) is 6.10 Å². The Hall–Kier alpha value is -1.52. The molecule has 0 aliphatic carbocycles. The number of hydrogen-bond donors (Lipinski definition) is 1. The highest BCUT2D eigenvalue weighted by atomic mass is 16.6. The Kier molecular flexibility index (Phi) is 3.02. The van der Waals surface area contributed by atoms with Gasteiger partial charge in [-0.1, -0.05) is 6.58 Å². The monoisotopic (exact) mass is 213 g/mol. The Morgan fingerprint density at radius 1 is 1.60 bits per heavy atom. The fraction of sp³-hybridized carbons (Fsp3) is 0.600. The lowest BCUT2D eigenvalue weighted by Crippen LogP contribution is -2.42. The second-order valence-electron chi connectivity index (χ2n) is 4.43. The molecule has 15 heavy (non-hydrogen) atoms. The van der Waals surface area contributed by atoms with Crippen LogP contribution in [-0.4, -0.2) is 23.7 Å². The van der Waals surface area contributed by atoms with E-state index in [4.69, 9.17) is 4.74 Å². The van der Waals surface area contributed by atoms with Crippen LogP contribution < -0.4 is 5.32 Å². The summed E-state index contributed by atoms with van der Waals surface area (Å²) in [4.78, 5) is 22.4. The minimum atomic E-state index is -0.861. The molecule has 84 valence electrons. The zero-order valence-corrected chi connectivity index (χ0v) is 9.12. The molecule has 1 aliphatic heterocycles. The van der Waals surface area contributed by atoms with Gasteiger partial charge in [-0.2, -0.15) is 0 Å². The summed E-state index contributed by atoms with van der Waals surface area (Å²) in [6.07, 6.45) is -1.25. The number of amides is 1. The Morgan fingerprint density at radius 3 is 2.60 bits per heavy atom. The van der Waals surface area contributed by atoms with Crippen LogP contribution in [0, 0.1) is 0 Å². The van der Waals surface area contributed by atoms with Gasteiger partial charge in [0, 0.05) is 5.54 Å². The van der Waals surface area contributed by atoms with Gasteiger partial charge in [0.1, 0.15) is 5.76 Å². The largest absolute Gasteiger partial charge is 0.434 e. The van der Waals surface area contributed by atoms with Crippen LogP contribution in [0.4, 0.5) is 4.79 Å². The molecule has 1 aliphatic rings. The van der Waals surface area contributed by atoms with Crippen molar-refractivity contribution in [1.82, 2.24) is 5.32 Å². The minimum absolute atomic E-state index is 0.233. The second-order valence-corrected chi connectivity index (χ2v) is 4.43. The lowest BCUT2D eigenvalue weighted by molar-refractivity contribution is -0.142. The maximum Gasteiger partial charge on any atom is 0.408 e. The SMILES string of the molecule is C=C1C[C@H](OC(=O)NC(C)(C)C)C(=O)O1. The average Bonchev–Trinajstić information content (AvgIpc) is 2.25. The second kappa shape index (κ2) is 3.92. The molecule has 1 N–H and O–H groups in total. The number of hydrogen-bond acceptors (Lipinski definition) is 4. The molecule has 0 saturated carbocycles.